The molecule has 0 amide bonds. The number of thiazole rings is 1. The number of esters is 1. The minimum absolute atomic E-state index is 0.229. The maximum atomic E-state index is 11.1. The predicted octanol–water partition coefficient (Wildman–Crippen LogP) is 1.79. The van der Waals surface area contributed by atoms with Crippen molar-refractivity contribution in [2.75, 3.05) is 20.2 Å². The molecule has 1 rings (SSSR count). The fraction of sp³-hybridized carbons (Fsp3) is 0.556. The summed E-state index contributed by atoms with van der Waals surface area (Å²) in [5.74, 6) is -0.229. The van der Waals surface area contributed by atoms with Crippen LogP contribution in [0.3, 0.4) is 0 Å². The van der Waals surface area contributed by atoms with Crippen LogP contribution in [0.2, 0.25) is 4.47 Å². The van der Waals surface area contributed by atoms with E-state index in [9.17, 15) is 4.79 Å². The highest BCUT2D eigenvalue weighted by Crippen LogP contribution is 2.19. The van der Waals surface area contributed by atoms with Crippen LogP contribution in [0, 0.1) is 0 Å². The lowest BCUT2D eigenvalue weighted by molar-refractivity contribution is -0.142. The first-order valence-electron chi connectivity index (χ1n) is 4.55. The summed E-state index contributed by atoms with van der Waals surface area (Å²) in [4.78, 5) is 18.0. The van der Waals surface area contributed by atoms with E-state index < -0.39 is 0 Å². The van der Waals surface area contributed by atoms with Gasteiger partial charge in [-0.3, -0.25) is 9.69 Å². The smallest absolute Gasteiger partial charge is 0.319 e. The quantitative estimate of drug-likeness (QED) is 0.746. The molecule has 0 fully saturated rings. The molecule has 0 aliphatic rings. The fourth-order valence-corrected chi connectivity index (χ4v) is 2.12. The van der Waals surface area contributed by atoms with E-state index in [0.717, 1.165) is 11.4 Å². The lowest BCUT2D eigenvalue weighted by atomic mass is 10.4. The van der Waals surface area contributed by atoms with E-state index in [1.807, 2.05) is 11.8 Å². The van der Waals surface area contributed by atoms with Crippen molar-refractivity contribution >= 4 is 28.9 Å². The molecule has 15 heavy (non-hydrogen) atoms. The second-order valence-electron chi connectivity index (χ2n) is 2.96. The number of likely N-dealkylation sites (N-methyl/N-ethyl adjacent to an activating group) is 1. The summed E-state index contributed by atoms with van der Waals surface area (Å²) in [5, 5.41) is 0. The number of carbonyl (C=O) groups excluding carboxylic acids is 1. The van der Waals surface area contributed by atoms with Crippen LogP contribution in [0.4, 0.5) is 0 Å². The Bertz CT molecular complexity index is 330. The topological polar surface area (TPSA) is 42.4 Å². The highest BCUT2D eigenvalue weighted by molar-refractivity contribution is 7.15. The van der Waals surface area contributed by atoms with Gasteiger partial charge in [-0.05, 0) is 6.54 Å². The minimum Gasteiger partial charge on any atom is -0.468 e. The van der Waals surface area contributed by atoms with Crippen molar-refractivity contribution in [1.29, 1.82) is 0 Å². The van der Waals surface area contributed by atoms with Crippen LogP contribution in [-0.4, -0.2) is 36.1 Å². The monoisotopic (exact) mass is 248 g/mol. The van der Waals surface area contributed by atoms with Crippen LogP contribution >= 0.6 is 22.9 Å². The maximum Gasteiger partial charge on any atom is 0.319 e. The summed E-state index contributed by atoms with van der Waals surface area (Å²) in [5.41, 5.74) is 0. The van der Waals surface area contributed by atoms with Crippen molar-refractivity contribution in [3.8, 4) is 0 Å². The van der Waals surface area contributed by atoms with Crippen LogP contribution < -0.4 is 0 Å². The highest BCUT2D eigenvalue weighted by Gasteiger charge is 2.11. The van der Waals surface area contributed by atoms with E-state index in [2.05, 4.69) is 9.72 Å². The number of nitrogens with zero attached hydrogens (tertiary/aromatic N) is 2. The molecular weight excluding hydrogens is 236 g/mol. The molecule has 0 saturated carbocycles. The van der Waals surface area contributed by atoms with Crippen LogP contribution in [-0.2, 0) is 16.1 Å². The zero-order valence-electron chi connectivity index (χ0n) is 8.70. The molecule has 0 unspecified atom stereocenters. The molecule has 1 aromatic rings. The van der Waals surface area contributed by atoms with Gasteiger partial charge in [-0.2, -0.15) is 0 Å². The number of aromatic nitrogens is 1. The number of halogens is 1. The predicted molar refractivity (Wildman–Crippen MR) is 60.1 cm³/mol. The summed E-state index contributed by atoms with van der Waals surface area (Å²) in [6.07, 6.45) is 1.73. The van der Waals surface area contributed by atoms with E-state index >= 15 is 0 Å². The van der Waals surface area contributed by atoms with Crippen molar-refractivity contribution in [3.05, 3.63) is 15.5 Å². The highest BCUT2D eigenvalue weighted by atomic mass is 35.5. The summed E-state index contributed by atoms with van der Waals surface area (Å²) >= 11 is 7.14. The number of rotatable bonds is 5. The molecule has 0 spiro atoms. The van der Waals surface area contributed by atoms with Crippen molar-refractivity contribution in [2.45, 2.75) is 13.5 Å². The summed E-state index contributed by atoms with van der Waals surface area (Å²) < 4.78 is 5.13. The normalized spacial score (nSPS) is 10.7. The van der Waals surface area contributed by atoms with E-state index in [0.29, 0.717) is 17.6 Å². The van der Waals surface area contributed by atoms with Gasteiger partial charge in [-0.25, -0.2) is 4.98 Å². The van der Waals surface area contributed by atoms with Crippen LogP contribution in [0.25, 0.3) is 0 Å². The molecule has 0 saturated heterocycles. The van der Waals surface area contributed by atoms with Crippen molar-refractivity contribution in [3.63, 3.8) is 0 Å². The first-order valence-corrected chi connectivity index (χ1v) is 5.74. The Morgan fingerprint density at radius 2 is 2.47 bits per heavy atom. The van der Waals surface area contributed by atoms with E-state index in [-0.39, 0.29) is 5.97 Å². The van der Waals surface area contributed by atoms with Gasteiger partial charge < -0.3 is 4.74 Å². The molecule has 0 atom stereocenters. The van der Waals surface area contributed by atoms with Crippen LogP contribution in [0.5, 0.6) is 0 Å². The number of methoxy groups -OCH3 is 1. The van der Waals surface area contributed by atoms with Gasteiger partial charge >= 0.3 is 5.97 Å². The van der Waals surface area contributed by atoms with Crippen LogP contribution in [0.1, 0.15) is 11.8 Å². The first-order chi connectivity index (χ1) is 7.15. The molecule has 0 radical (unpaired) electrons. The maximum absolute atomic E-state index is 11.1. The average Bonchev–Trinajstić information content (AvgIpc) is 2.62. The van der Waals surface area contributed by atoms with Gasteiger partial charge in [0.15, 0.2) is 4.47 Å². The number of carbonyl (C=O) groups is 1. The second-order valence-corrected chi connectivity index (χ2v) is 4.66. The number of ether oxygens (including phenoxy) is 1. The molecule has 0 aliphatic heterocycles. The molecule has 0 N–H and O–H groups in total. The molecule has 4 nitrogen and oxygen atoms in total. The van der Waals surface area contributed by atoms with Crippen LogP contribution in [0.15, 0.2) is 6.20 Å². The van der Waals surface area contributed by atoms with E-state index in [4.69, 9.17) is 11.6 Å². The fourth-order valence-electron chi connectivity index (χ4n) is 1.10. The van der Waals surface area contributed by atoms with Crippen molar-refractivity contribution < 1.29 is 9.53 Å². The van der Waals surface area contributed by atoms with Gasteiger partial charge in [0.05, 0.1) is 13.7 Å². The standard InChI is InChI=1S/C9H13ClN2O2S/c1-3-12(6-8(13)14-2)5-7-4-11-9(10)15-7/h4H,3,5-6H2,1-2H3. The van der Waals surface area contributed by atoms with Gasteiger partial charge in [-0.15, -0.1) is 11.3 Å². The molecule has 84 valence electrons. The Labute approximate surface area is 97.8 Å². The number of hydrogen-bond donors (Lipinski definition) is 0. The zero-order valence-corrected chi connectivity index (χ0v) is 10.3. The molecule has 0 bridgehead atoms. The van der Waals surface area contributed by atoms with Gasteiger partial charge in [0.2, 0.25) is 0 Å². The Morgan fingerprint density at radius 3 is 2.93 bits per heavy atom. The lowest BCUT2D eigenvalue weighted by Gasteiger charge is -2.17. The largest absolute Gasteiger partial charge is 0.468 e. The van der Waals surface area contributed by atoms with Crippen molar-refractivity contribution in [2.24, 2.45) is 0 Å². The van der Waals surface area contributed by atoms with E-state index in [1.165, 1.54) is 18.4 Å². The van der Waals surface area contributed by atoms with Crippen molar-refractivity contribution in [1.82, 2.24) is 9.88 Å². The van der Waals surface area contributed by atoms with Gasteiger partial charge in [0.1, 0.15) is 0 Å². The van der Waals surface area contributed by atoms with Gasteiger partial charge in [-0.1, -0.05) is 18.5 Å². The summed E-state index contributed by atoms with van der Waals surface area (Å²) in [6, 6.07) is 0. The molecule has 0 aromatic carbocycles. The number of hydrogen-bond acceptors (Lipinski definition) is 5. The third kappa shape index (κ3) is 4.15. The Kier molecular flexibility index (Phi) is 5.01. The zero-order chi connectivity index (χ0) is 11.3. The third-order valence-electron chi connectivity index (χ3n) is 1.93. The van der Waals surface area contributed by atoms with Gasteiger partial charge in [0.25, 0.3) is 0 Å². The molecule has 1 heterocycles. The summed E-state index contributed by atoms with van der Waals surface area (Å²) in [6.45, 7) is 3.74. The Hall–Kier alpha value is -0.650. The summed E-state index contributed by atoms with van der Waals surface area (Å²) in [7, 11) is 1.39. The molecular formula is C9H13ClN2O2S. The lowest BCUT2D eigenvalue weighted by Crippen LogP contribution is -2.29. The van der Waals surface area contributed by atoms with Gasteiger partial charge in [0, 0.05) is 17.6 Å². The second kappa shape index (κ2) is 6.05. The molecule has 0 aliphatic carbocycles. The first kappa shape index (κ1) is 12.4. The Balaban J connectivity index is 2.50. The molecule has 1 aromatic heterocycles. The average molecular weight is 249 g/mol. The molecule has 6 heteroatoms. The van der Waals surface area contributed by atoms with E-state index in [1.54, 1.807) is 6.20 Å². The Morgan fingerprint density at radius 1 is 1.73 bits per heavy atom. The third-order valence-corrected chi connectivity index (χ3v) is 3.03. The minimum atomic E-state index is -0.229. The SMILES string of the molecule is CCN(CC(=O)OC)Cc1cnc(Cl)s1.